The highest BCUT2D eigenvalue weighted by Gasteiger charge is 2.26. The molecule has 0 spiro atoms. The van der Waals surface area contributed by atoms with Crippen LogP contribution in [0, 0.1) is 6.92 Å². The maximum atomic E-state index is 12.7. The number of methoxy groups -OCH3 is 1. The number of phenols is 2. The number of aryl methyl sites for hydroxylation is 1. The molecular formula is C24H25NO7. The molecule has 0 aliphatic rings. The summed E-state index contributed by atoms with van der Waals surface area (Å²) in [5.74, 6) is -1.12. The molecule has 8 nitrogen and oxygen atoms in total. The maximum Gasteiger partial charge on any atom is 0.227 e. The number of ether oxygens (including phenoxy) is 1. The van der Waals surface area contributed by atoms with Gasteiger partial charge in [-0.05, 0) is 48.7 Å². The highest BCUT2D eigenvalue weighted by molar-refractivity contribution is 5.77. The molecule has 0 fully saturated rings. The van der Waals surface area contributed by atoms with Gasteiger partial charge in [0.15, 0.2) is 17.3 Å². The normalized spacial score (nSPS) is 11.7. The molecule has 1 amide bonds. The van der Waals surface area contributed by atoms with Crippen molar-refractivity contribution in [2.75, 3.05) is 13.7 Å². The molecule has 0 radical (unpaired) electrons. The summed E-state index contributed by atoms with van der Waals surface area (Å²) in [5.41, 5.74) is 0.870. The summed E-state index contributed by atoms with van der Waals surface area (Å²) in [4.78, 5) is 24.8. The van der Waals surface area contributed by atoms with Gasteiger partial charge in [0, 0.05) is 19.0 Å². The van der Waals surface area contributed by atoms with Gasteiger partial charge in [-0.3, -0.25) is 9.59 Å². The quantitative estimate of drug-likeness (QED) is 0.425. The van der Waals surface area contributed by atoms with Crippen molar-refractivity contribution >= 4 is 5.91 Å². The Morgan fingerprint density at radius 3 is 2.50 bits per heavy atom. The van der Waals surface area contributed by atoms with Crippen molar-refractivity contribution in [1.29, 1.82) is 0 Å². The van der Waals surface area contributed by atoms with Crippen LogP contribution in [-0.2, 0) is 11.2 Å². The molecule has 168 valence electrons. The van der Waals surface area contributed by atoms with E-state index in [0.29, 0.717) is 24.3 Å². The van der Waals surface area contributed by atoms with Crippen molar-refractivity contribution in [2.45, 2.75) is 25.7 Å². The van der Waals surface area contributed by atoms with Gasteiger partial charge in [0.2, 0.25) is 17.1 Å². The minimum atomic E-state index is -0.786. The number of rotatable bonds is 8. The molecule has 0 bridgehead atoms. The van der Waals surface area contributed by atoms with E-state index >= 15 is 0 Å². The van der Waals surface area contributed by atoms with E-state index in [2.05, 4.69) is 5.32 Å². The first kappa shape index (κ1) is 22.7. The Balaban J connectivity index is 1.83. The number of carbonyl (C=O) groups is 1. The highest BCUT2D eigenvalue weighted by atomic mass is 16.5. The molecule has 4 N–H and O–H groups in total. The van der Waals surface area contributed by atoms with Crippen molar-refractivity contribution in [2.24, 2.45) is 0 Å². The Bertz CT molecular complexity index is 1150. The van der Waals surface area contributed by atoms with E-state index in [0.717, 1.165) is 5.56 Å². The molecule has 2 aromatic carbocycles. The number of benzene rings is 2. The van der Waals surface area contributed by atoms with Gasteiger partial charge < -0.3 is 29.8 Å². The van der Waals surface area contributed by atoms with Gasteiger partial charge in [-0.1, -0.05) is 18.2 Å². The number of aromatic hydroxyl groups is 3. The summed E-state index contributed by atoms with van der Waals surface area (Å²) in [6.07, 6.45) is 0.456. The fraction of sp³-hybridized carbons (Fsp3) is 0.250. The van der Waals surface area contributed by atoms with Crippen LogP contribution < -0.4 is 15.5 Å². The molecule has 0 saturated heterocycles. The first-order valence-corrected chi connectivity index (χ1v) is 10.0. The first-order chi connectivity index (χ1) is 15.3. The Morgan fingerprint density at radius 2 is 1.81 bits per heavy atom. The Hall–Kier alpha value is -3.94. The molecule has 0 aliphatic carbocycles. The molecule has 8 heteroatoms. The molecule has 0 aliphatic heterocycles. The minimum absolute atomic E-state index is 0.0311. The van der Waals surface area contributed by atoms with E-state index in [4.69, 9.17) is 9.15 Å². The van der Waals surface area contributed by atoms with Gasteiger partial charge in [-0.25, -0.2) is 0 Å². The molecule has 0 saturated carbocycles. The Morgan fingerprint density at radius 1 is 1.09 bits per heavy atom. The second-order valence-electron chi connectivity index (χ2n) is 7.39. The molecule has 1 atom stereocenters. The lowest BCUT2D eigenvalue weighted by molar-refractivity contribution is -0.121. The average Bonchev–Trinajstić information content (AvgIpc) is 2.76. The largest absolute Gasteiger partial charge is 0.508 e. The predicted octanol–water partition coefficient (Wildman–Crippen LogP) is 2.95. The van der Waals surface area contributed by atoms with E-state index < -0.39 is 17.1 Å². The summed E-state index contributed by atoms with van der Waals surface area (Å²) in [6, 6.07) is 12.4. The van der Waals surface area contributed by atoms with Gasteiger partial charge in [-0.15, -0.1) is 0 Å². The number of nitrogens with one attached hydrogen (secondary N) is 1. The number of phenolic OH excluding ortho intramolecular Hbond substituents is 2. The number of carbonyl (C=O) groups excluding carboxylic acids is 1. The third-order valence-corrected chi connectivity index (χ3v) is 5.06. The van der Waals surface area contributed by atoms with Gasteiger partial charge in [0.1, 0.15) is 11.5 Å². The molecule has 3 aromatic rings. The molecular weight excluding hydrogens is 414 g/mol. The lowest BCUT2D eigenvalue weighted by Gasteiger charge is -2.19. The SMILES string of the molecule is COc1cc([C@H](CC(=O)NCCc2ccc(O)cc2)c2oc(C)cc(=O)c2O)ccc1O. The van der Waals surface area contributed by atoms with Gasteiger partial charge in [0.05, 0.1) is 13.0 Å². The van der Waals surface area contributed by atoms with Gasteiger partial charge >= 0.3 is 0 Å². The van der Waals surface area contributed by atoms with Crippen molar-refractivity contribution in [3.8, 4) is 23.0 Å². The minimum Gasteiger partial charge on any atom is -0.508 e. The van der Waals surface area contributed by atoms with Crippen LogP contribution in [-0.4, -0.2) is 34.9 Å². The molecule has 3 rings (SSSR count). The van der Waals surface area contributed by atoms with Crippen LogP contribution in [0.15, 0.2) is 57.7 Å². The third-order valence-electron chi connectivity index (χ3n) is 5.06. The van der Waals surface area contributed by atoms with Crippen molar-refractivity contribution < 1.29 is 29.3 Å². The Labute approximate surface area is 184 Å². The zero-order valence-corrected chi connectivity index (χ0v) is 17.8. The van der Waals surface area contributed by atoms with E-state index in [9.17, 15) is 24.9 Å². The first-order valence-electron chi connectivity index (χ1n) is 10.0. The number of amides is 1. The number of hydrogen-bond donors (Lipinski definition) is 4. The molecule has 0 unspecified atom stereocenters. The molecule has 1 aromatic heterocycles. The summed E-state index contributed by atoms with van der Waals surface area (Å²) < 4.78 is 10.8. The fourth-order valence-corrected chi connectivity index (χ4v) is 3.40. The van der Waals surface area contributed by atoms with Crippen LogP contribution >= 0.6 is 0 Å². The summed E-state index contributed by atoms with van der Waals surface area (Å²) in [5, 5.41) is 32.4. The Kier molecular flexibility index (Phi) is 7.04. The number of hydrogen-bond acceptors (Lipinski definition) is 7. The van der Waals surface area contributed by atoms with E-state index in [-0.39, 0.29) is 35.3 Å². The van der Waals surface area contributed by atoms with E-state index in [1.54, 1.807) is 37.3 Å². The van der Waals surface area contributed by atoms with Crippen molar-refractivity contribution in [1.82, 2.24) is 5.32 Å². The lowest BCUT2D eigenvalue weighted by Crippen LogP contribution is -2.27. The summed E-state index contributed by atoms with van der Waals surface area (Å²) in [7, 11) is 1.40. The monoisotopic (exact) mass is 439 g/mol. The van der Waals surface area contributed by atoms with E-state index in [1.807, 2.05) is 0 Å². The van der Waals surface area contributed by atoms with E-state index in [1.165, 1.54) is 25.3 Å². The van der Waals surface area contributed by atoms with Crippen LogP contribution in [0.2, 0.25) is 0 Å². The third kappa shape index (κ3) is 5.40. The fourth-order valence-electron chi connectivity index (χ4n) is 3.40. The van der Waals surface area contributed by atoms with Crippen LogP contribution in [0.3, 0.4) is 0 Å². The van der Waals surface area contributed by atoms with Crippen molar-refractivity contribution in [3.63, 3.8) is 0 Å². The second-order valence-corrected chi connectivity index (χ2v) is 7.39. The van der Waals surface area contributed by atoms with Crippen LogP contribution in [0.5, 0.6) is 23.0 Å². The van der Waals surface area contributed by atoms with Crippen LogP contribution in [0.4, 0.5) is 0 Å². The zero-order valence-electron chi connectivity index (χ0n) is 17.8. The van der Waals surface area contributed by atoms with Crippen LogP contribution in [0.1, 0.15) is 35.0 Å². The van der Waals surface area contributed by atoms with Gasteiger partial charge in [-0.2, -0.15) is 0 Å². The smallest absolute Gasteiger partial charge is 0.227 e. The van der Waals surface area contributed by atoms with Crippen molar-refractivity contribution in [3.05, 3.63) is 81.4 Å². The molecule has 32 heavy (non-hydrogen) atoms. The van der Waals surface area contributed by atoms with Gasteiger partial charge in [0.25, 0.3) is 0 Å². The predicted molar refractivity (Wildman–Crippen MR) is 117 cm³/mol. The average molecular weight is 439 g/mol. The summed E-state index contributed by atoms with van der Waals surface area (Å²) >= 11 is 0. The maximum absolute atomic E-state index is 12.7. The summed E-state index contributed by atoms with van der Waals surface area (Å²) in [6.45, 7) is 1.94. The lowest BCUT2D eigenvalue weighted by atomic mass is 9.91. The standard InChI is InChI=1S/C24H25NO7/c1-14-11-20(28)23(30)24(32-14)18(16-5-8-19(27)21(12-16)31-2)13-22(29)25-10-9-15-3-6-17(26)7-4-15/h3-8,11-12,18,26-27,30H,9-10,13H2,1-2H3,(H,25,29)/t18-/m0/s1. The second kappa shape index (κ2) is 9.91. The molecule has 1 heterocycles. The topological polar surface area (TPSA) is 129 Å². The zero-order chi connectivity index (χ0) is 23.3. The van der Waals surface area contributed by atoms with Crippen LogP contribution in [0.25, 0.3) is 0 Å². The highest BCUT2D eigenvalue weighted by Crippen LogP contribution is 2.37.